The van der Waals surface area contributed by atoms with Crippen LogP contribution in [0, 0.1) is 6.92 Å². The Hall–Kier alpha value is -3.16. The Morgan fingerprint density at radius 1 is 1.12 bits per heavy atom. The van der Waals surface area contributed by atoms with Gasteiger partial charge in [0.1, 0.15) is 6.61 Å². The summed E-state index contributed by atoms with van der Waals surface area (Å²) in [5.74, 6) is 1.22. The number of ether oxygens (including phenoxy) is 2. The van der Waals surface area contributed by atoms with Crippen molar-refractivity contribution in [2.75, 3.05) is 7.11 Å². The van der Waals surface area contributed by atoms with Crippen LogP contribution in [0.4, 0.5) is 0 Å². The second kappa shape index (κ2) is 8.41. The van der Waals surface area contributed by atoms with E-state index in [0.717, 1.165) is 26.6 Å². The fourth-order valence-corrected chi connectivity index (χ4v) is 5.25. The van der Waals surface area contributed by atoms with E-state index in [1.807, 2.05) is 54.6 Å². The van der Waals surface area contributed by atoms with Crippen molar-refractivity contribution in [3.8, 4) is 11.5 Å². The zero-order valence-electron chi connectivity index (χ0n) is 17.5. The molecular weight excluding hydrogens is 488 g/mol. The van der Waals surface area contributed by atoms with Crippen LogP contribution in [-0.2, 0) is 6.61 Å². The highest BCUT2D eigenvalue weighted by Crippen LogP contribution is 2.37. The molecule has 0 aliphatic heterocycles. The first kappa shape index (κ1) is 20.7. The Labute approximate surface area is 196 Å². The second-order valence-electron chi connectivity index (χ2n) is 7.45. The number of aryl methyl sites for hydroxylation is 1. The summed E-state index contributed by atoms with van der Waals surface area (Å²) in [6, 6.07) is 19.6. The predicted octanol–water partition coefficient (Wildman–Crippen LogP) is 5.12. The minimum atomic E-state index is -0.0754. The van der Waals surface area contributed by atoms with Crippen molar-refractivity contribution in [1.29, 1.82) is 0 Å². The van der Waals surface area contributed by atoms with Crippen molar-refractivity contribution in [1.82, 2.24) is 9.38 Å². The number of imidazole rings is 1. The molecule has 7 heteroatoms. The summed E-state index contributed by atoms with van der Waals surface area (Å²) in [6.45, 7) is 2.49. The van der Waals surface area contributed by atoms with Gasteiger partial charge in [-0.1, -0.05) is 53.3 Å². The van der Waals surface area contributed by atoms with Crippen LogP contribution in [0.2, 0.25) is 0 Å². The van der Waals surface area contributed by atoms with Crippen LogP contribution in [-0.4, -0.2) is 16.5 Å². The molecule has 0 radical (unpaired) electrons. The van der Waals surface area contributed by atoms with Gasteiger partial charge in [-0.3, -0.25) is 4.79 Å². The second-order valence-corrected chi connectivity index (χ2v) is 9.31. The minimum absolute atomic E-state index is 0.0754. The van der Waals surface area contributed by atoms with E-state index in [1.165, 1.54) is 16.9 Å². The lowest BCUT2D eigenvalue weighted by Gasteiger charge is -2.14. The average molecular weight is 507 g/mol. The number of benzene rings is 3. The summed E-state index contributed by atoms with van der Waals surface area (Å²) in [6.07, 6.45) is 1.86. The fraction of sp³-hybridized carbons (Fsp3) is 0.120. The molecule has 0 saturated carbocycles. The van der Waals surface area contributed by atoms with E-state index in [4.69, 9.17) is 9.47 Å². The molecular formula is C25H19BrN2O3S. The number of para-hydroxylation sites is 2. The Morgan fingerprint density at radius 3 is 2.78 bits per heavy atom. The van der Waals surface area contributed by atoms with Crippen LogP contribution in [0.25, 0.3) is 22.1 Å². The molecule has 2 heterocycles. The monoisotopic (exact) mass is 506 g/mol. The van der Waals surface area contributed by atoms with Gasteiger partial charge in [0.05, 0.1) is 27.1 Å². The number of fused-ring (bicyclic) bond motifs is 3. The maximum absolute atomic E-state index is 13.0. The summed E-state index contributed by atoms with van der Waals surface area (Å²) >= 11 is 4.97. The van der Waals surface area contributed by atoms with Crippen molar-refractivity contribution in [2.24, 2.45) is 0 Å². The lowest BCUT2D eigenvalue weighted by atomic mass is 10.1. The van der Waals surface area contributed by atoms with E-state index >= 15 is 0 Å². The Morgan fingerprint density at radius 2 is 1.97 bits per heavy atom. The number of methoxy groups -OCH3 is 1. The highest BCUT2D eigenvalue weighted by atomic mass is 79.9. The van der Waals surface area contributed by atoms with E-state index in [-0.39, 0.29) is 5.56 Å². The molecule has 0 atom stereocenters. The van der Waals surface area contributed by atoms with Gasteiger partial charge in [0.25, 0.3) is 5.56 Å². The first-order valence-corrected chi connectivity index (χ1v) is 11.6. The number of hydrogen-bond donors (Lipinski definition) is 0. The molecule has 0 aliphatic carbocycles. The molecule has 0 amide bonds. The minimum Gasteiger partial charge on any atom is -0.493 e. The van der Waals surface area contributed by atoms with Gasteiger partial charge in [-0.05, 0) is 64.3 Å². The first-order valence-electron chi connectivity index (χ1n) is 10.0. The Balaban J connectivity index is 1.52. The highest BCUT2D eigenvalue weighted by molar-refractivity contribution is 9.10. The number of rotatable bonds is 5. The van der Waals surface area contributed by atoms with E-state index in [9.17, 15) is 4.79 Å². The molecule has 0 N–H and O–H groups in total. The van der Waals surface area contributed by atoms with Gasteiger partial charge in [-0.25, -0.2) is 9.38 Å². The Kier molecular flexibility index (Phi) is 5.45. The van der Waals surface area contributed by atoms with Crippen LogP contribution in [0.1, 0.15) is 16.7 Å². The summed E-state index contributed by atoms with van der Waals surface area (Å²) in [7, 11) is 1.61. The molecule has 5 rings (SSSR count). The van der Waals surface area contributed by atoms with Gasteiger partial charge < -0.3 is 9.47 Å². The molecule has 32 heavy (non-hydrogen) atoms. The van der Waals surface area contributed by atoms with E-state index in [2.05, 4.69) is 40.0 Å². The lowest BCUT2D eigenvalue weighted by molar-refractivity contribution is 0.282. The number of aromatic nitrogens is 2. The smallest absolute Gasteiger partial charge is 0.274 e. The van der Waals surface area contributed by atoms with Crippen molar-refractivity contribution < 1.29 is 9.47 Å². The molecule has 160 valence electrons. The maximum Gasteiger partial charge on any atom is 0.274 e. The summed E-state index contributed by atoms with van der Waals surface area (Å²) in [5.41, 5.74) is 4.67. The fourth-order valence-electron chi connectivity index (χ4n) is 3.68. The Bertz CT molecular complexity index is 1570. The van der Waals surface area contributed by atoms with Crippen LogP contribution >= 0.6 is 27.3 Å². The normalized spacial score (nSPS) is 12.0. The van der Waals surface area contributed by atoms with Crippen LogP contribution in [0.3, 0.4) is 0 Å². The average Bonchev–Trinajstić information content (AvgIpc) is 3.29. The van der Waals surface area contributed by atoms with Crippen molar-refractivity contribution >= 4 is 49.3 Å². The van der Waals surface area contributed by atoms with Crippen molar-refractivity contribution in [3.63, 3.8) is 0 Å². The number of halogens is 1. The molecule has 0 aliphatic rings. The predicted molar refractivity (Wildman–Crippen MR) is 132 cm³/mol. The zero-order chi connectivity index (χ0) is 22.2. The summed E-state index contributed by atoms with van der Waals surface area (Å²) in [5, 5.41) is 0. The molecule has 0 fully saturated rings. The lowest BCUT2D eigenvalue weighted by Crippen LogP contribution is -2.22. The first-order chi connectivity index (χ1) is 15.5. The van der Waals surface area contributed by atoms with Crippen LogP contribution in [0.5, 0.6) is 11.5 Å². The number of nitrogens with zero attached hydrogens (tertiary/aromatic N) is 2. The number of thiazole rings is 1. The quantitative estimate of drug-likeness (QED) is 0.332. The van der Waals surface area contributed by atoms with Crippen molar-refractivity contribution in [2.45, 2.75) is 13.5 Å². The summed E-state index contributed by atoms with van der Waals surface area (Å²) < 4.78 is 14.7. The maximum atomic E-state index is 13.0. The van der Waals surface area contributed by atoms with Gasteiger partial charge >= 0.3 is 0 Å². The third-order valence-electron chi connectivity index (χ3n) is 5.16. The van der Waals surface area contributed by atoms with Gasteiger partial charge in [-0.15, -0.1) is 0 Å². The molecule has 3 aromatic carbocycles. The van der Waals surface area contributed by atoms with Gasteiger partial charge in [0.15, 0.2) is 16.5 Å². The third-order valence-corrected chi connectivity index (χ3v) is 6.72. The van der Waals surface area contributed by atoms with Gasteiger partial charge in [0, 0.05) is 0 Å². The molecule has 0 unspecified atom stereocenters. The topological polar surface area (TPSA) is 52.8 Å². The molecule has 0 bridgehead atoms. The zero-order valence-corrected chi connectivity index (χ0v) is 19.9. The van der Waals surface area contributed by atoms with Crippen LogP contribution < -0.4 is 19.6 Å². The molecule has 5 aromatic rings. The van der Waals surface area contributed by atoms with Crippen molar-refractivity contribution in [3.05, 3.63) is 96.7 Å². The molecule has 0 spiro atoms. The molecule has 0 saturated heterocycles. The van der Waals surface area contributed by atoms with Gasteiger partial charge in [-0.2, -0.15) is 0 Å². The van der Waals surface area contributed by atoms with Gasteiger partial charge in [0.2, 0.25) is 0 Å². The van der Waals surface area contributed by atoms with E-state index in [1.54, 1.807) is 11.5 Å². The standard InChI is InChI=1S/C25H19BrN2O3S/c1-15-6-5-7-16(10-15)14-31-23-18(26)11-17(12-21(23)30-2)13-22-24(29)28-20-9-4-3-8-19(20)27-25(28)32-22/h3-13H,14H2,1-2H3/b22-13-. The SMILES string of the molecule is COc1cc(/C=c2\sc3nc4ccccc4n3c2=O)cc(Br)c1OCc1cccc(C)c1. The van der Waals surface area contributed by atoms with E-state index < -0.39 is 0 Å². The van der Waals surface area contributed by atoms with E-state index in [0.29, 0.717) is 27.6 Å². The molecule has 2 aromatic heterocycles. The van der Waals surface area contributed by atoms with Crippen LogP contribution in [0.15, 0.2) is 69.9 Å². The highest BCUT2D eigenvalue weighted by Gasteiger charge is 2.14. The largest absolute Gasteiger partial charge is 0.493 e. The summed E-state index contributed by atoms with van der Waals surface area (Å²) in [4.78, 5) is 18.3. The third kappa shape index (κ3) is 3.78. The molecule has 5 nitrogen and oxygen atoms in total. The number of hydrogen-bond acceptors (Lipinski definition) is 5.